The highest BCUT2D eigenvalue weighted by atomic mass is 16.4. The van der Waals surface area contributed by atoms with E-state index in [1.165, 1.54) is 0 Å². The minimum Gasteiger partial charge on any atom is -0.481 e. The maximum Gasteiger partial charge on any atom is 0.311 e. The van der Waals surface area contributed by atoms with Gasteiger partial charge in [-0.1, -0.05) is 0 Å². The molecular formula is C11H19N3O3. The number of carbonyl (C=O) groups is 2. The third kappa shape index (κ3) is 3.17. The molecule has 0 bridgehead atoms. The Morgan fingerprint density at radius 2 is 1.94 bits per heavy atom. The lowest BCUT2D eigenvalue weighted by Gasteiger charge is -2.26. The Morgan fingerprint density at radius 3 is 2.47 bits per heavy atom. The van der Waals surface area contributed by atoms with Crippen LogP contribution in [-0.2, 0) is 9.59 Å². The molecular weight excluding hydrogens is 222 g/mol. The normalized spacial score (nSPS) is 23.1. The summed E-state index contributed by atoms with van der Waals surface area (Å²) in [5.41, 5.74) is -0.668. The molecule has 0 unspecified atom stereocenters. The Hall–Kier alpha value is -1.14. The first kappa shape index (κ1) is 12.3. The summed E-state index contributed by atoms with van der Waals surface area (Å²) in [5, 5.41) is 14.9. The lowest BCUT2D eigenvalue weighted by Crippen LogP contribution is -2.48. The SMILES string of the molecule is O=C(CN1CCNCC1)NCC1(C(=O)O)CC1. The van der Waals surface area contributed by atoms with Crippen LogP contribution in [0, 0.1) is 5.41 Å². The minimum atomic E-state index is -0.792. The van der Waals surface area contributed by atoms with Crippen LogP contribution in [0.3, 0.4) is 0 Å². The van der Waals surface area contributed by atoms with Crippen molar-refractivity contribution < 1.29 is 14.7 Å². The van der Waals surface area contributed by atoms with Crippen molar-refractivity contribution in [2.45, 2.75) is 12.8 Å². The maximum atomic E-state index is 11.6. The number of nitrogens with one attached hydrogen (secondary N) is 2. The first-order valence-corrected chi connectivity index (χ1v) is 6.06. The van der Waals surface area contributed by atoms with E-state index in [4.69, 9.17) is 5.11 Å². The predicted molar refractivity (Wildman–Crippen MR) is 61.6 cm³/mol. The predicted octanol–water partition coefficient (Wildman–Crippen LogP) is -1.13. The van der Waals surface area contributed by atoms with Crippen LogP contribution in [0.4, 0.5) is 0 Å². The zero-order chi connectivity index (χ0) is 12.3. The van der Waals surface area contributed by atoms with E-state index in [0.29, 0.717) is 19.4 Å². The first-order chi connectivity index (χ1) is 8.12. The quantitative estimate of drug-likeness (QED) is 0.567. The first-order valence-electron chi connectivity index (χ1n) is 6.06. The van der Waals surface area contributed by atoms with Crippen LogP contribution in [0.1, 0.15) is 12.8 Å². The number of carboxylic acid groups (broad SMARTS) is 1. The Morgan fingerprint density at radius 1 is 1.29 bits per heavy atom. The van der Waals surface area contributed by atoms with Crippen molar-refractivity contribution in [2.24, 2.45) is 5.41 Å². The van der Waals surface area contributed by atoms with Crippen molar-refractivity contribution in [3.8, 4) is 0 Å². The van der Waals surface area contributed by atoms with E-state index in [-0.39, 0.29) is 12.5 Å². The second-order valence-corrected chi connectivity index (χ2v) is 4.89. The summed E-state index contributed by atoms with van der Waals surface area (Å²) in [6.45, 7) is 4.21. The molecule has 6 nitrogen and oxygen atoms in total. The Bertz CT molecular complexity index is 309. The van der Waals surface area contributed by atoms with E-state index < -0.39 is 11.4 Å². The van der Waals surface area contributed by atoms with E-state index >= 15 is 0 Å². The van der Waals surface area contributed by atoms with Crippen LogP contribution in [-0.4, -0.2) is 61.2 Å². The van der Waals surface area contributed by atoms with Gasteiger partial charge in [0.05, 0.1) is 12.0 Å². The third-order valence-corrected chi connectivity index (χ3v) is 3.51. The van der Waals surface area contributed by atoms with Crippen molar-refractivity contribution >= 4 is 11.9 Å². The summed E-state index contributed by atoms with van der Waals surface area (Å²) in [6.07, 6.45) is 1.35. The summed E-state index contributed by atoms with van der Waals surface area (Å²) in [6, 6.07) is 0. The molecule has 6 heteroatoms. The molecule has 2 aliphatic rings. The summed E-state index contributed by atoms with van der Waals surface area (Å²) in [5.74, 6) is -0.862. The number of aliphatic carboxylic acids is 1. The lowest BCUT2D eigenvalue weighted by atomic mass is 10.1. The third-order valence-electron chi connectivity index (χ3n) is 3.51. The van der Waals surface area contributed by atoms with Crippen molar-refractivity contribution in [1.82, 2.24) is 15.5 Å². The fourth-order valence-electron chi connectivity index (χ4n) is 2.01. The molecule has 1 amide bonds. The van der Waals surface area contributed by atoms with Crippen molar-refractivity contribution in [3.05, 3.63) is 0 Å². The van der Waals surface area contributed by atoms with E-state index in [9.17, 15) is 9.59 Å². The molecule has 2 fully saturated rings. The van der Waals surface area contributed by atoms with Gasteiger partial charge in [0.1, 0.15) is 0 Å². The largest absolute Gasteiger partial charge is 0.481 e. The van der Waals surface area contributed by atoms with Gasteiger partial charge in [0.25, 0.3) is 0 Å². The van der Waals surface area contributed by atoms with Gasteiger partial charge in [-0.05, 0) is 12.8 Å². The van der Waals surface area contributed by atoms with Gasteiger partial charge in [0.2, 0.25) is 5.91 Å². The summed E-state index contributed by atoms with van der Waals surface area (Å²) < 4.78 is 0. The molecule has 0 spiro atoms. The fourth-order valence-corrected chi connectivity index (χ4v) is 2.01. The molecule has 2 rings (SSSR count). The lowest BCUT2D eigenvalue weighted by molar-refractivity contribution is -0.143. The van der Waals surface area contributed by atoms with Gasteiger partial charge in [0, 0.05) is 32.7 Å². The van der Waals surface area contributed by atoms with Gasteiger partial charge in [-0.15, -0.1) is 0 Å². The zero-order valence-electron chi connectivity index (χ0n) is 9.87. The topological polar surface area (TPSA) is 81.7 Å². The molecule has 0 radical (unpaired) electrons. The summed E-state index contributed by atoms with van der Waals surface area (Å²) >= 11 is 0. The molecule has 1 heterocycles. The second-order valence-electron chi connectivity index (χ2n) is 4.89. The zero-order valence-corrected chi connectivity index (χ0v) is 9.87. The Kier molecular flexibility index (Phi) is 3.63. The summed E-state index contributed by atoms with van der Waals surface area (Å²) in [7, 11) is 0. The molecule has 0 aromatic rings. The molecule has 3 N–H and O–H groups in total. The van der Waals surface area contributed by atoms with Crippen molar-refractivity contribution in [2.75, 3.05) is 39.3 Å². The van der Waals surface area contributed by atoms with E-state index in [0.717, 1.165) is 26.2 Å². The van der Waals surface area contributed by atoms with Crippen LogP contribution in [0.2, 0.25) is 0 Å². The second kappa shape index (κ2) is 5.01. The number of amides is 1. The minimum absolute atomic E-state index is 0.0700. The average Bonchev–Trinajstić information content (AvgIpc) is 3.09. The van der Waals surface area contributed by atoms with E-state index in [1.54, 1.807) is 0 Å². The maximum absolute atomic E-state index is 11.6. The van der Waals surface area contributed by atoms with Crippen LogP contribution in [0.5, 0.6) is 0 Å². The molecule has 1 aliphatic carbocycles. The standard InChI is InChI=1S/C11H19N3O3/c15-9(7-14-5-3-12-4-6-14)13-8-11(1-2-11)10(16)17/h12H,1-8H2,(H,13,15)(H,16,17). The van der Waals surface area contributed by atoms with E-state index in [2.05, 4.69) is 15.5 Å². The number of rotatable bonds is 5. The highest BCUT2D eigenvalue weighted by Crippen LogP contribution is 2.45. The van der Waals surface area contributed by atoms with Crippen LogP contribution in [0.25, 0.3) is 0 Å². The van der Waals surface area contributed by atoms with Gasteiger partial charge in [-0.3, -0.25) is 14.5 Å². The Labute approximate surface area is 100 Å². The average molecular weight is 241 g/mol. The van der Waals surface area contributed by atoms with Crippen LogP contribution >= 0.6 is 0 Å². The molecule has 1 saturated carbocycles. The smallest absolute Gasteiger partial charge is 0.311 e. The van der Waals surface area contributed by atoms with Crippen molar-refractivity contribution in [1.29, 1.82) is 0 Å². The molecule has 96 valence electrons. The molecule has 0 aromatic carbocycles. The number of nitrogens with zero attached hydrogens (tertiary/aromatic N) is 1. The molecule has 17 heavy (non-hydrogen) atoms. The van der Waals surface area contributed by atoms with Gasteiger partial charge in [-0.25, -0.2) is 0 Å². The molecule has 1 saturated heterocycles. The number of hydrogen-bond acceptors (Lipinski definition) is 4. The number of carboxylic acids is 1. The molecule has 1 aliphatic heterocycles. The van der Waals surface area contributed by atoms with Gasteiger partial charge in [0.15, 0.2) is 0 Å². The monoisotopic (exact) mass is 241 g/mol. The highest BCUT2D eigenvalue weighted by Gasteiger charge is 2.50. The highest BCUT2D eigenvalue weighted by molar-refractivity contribution is 5.81. The molecule has 0 atom stereocenters. The van der Waals surface area contributed by atoms with Gasteiger partial charge >= 0.3 is 5.97 Å². The summed E-state index contributed by atoms with van der Waals surface area (Å²) in [4.78, 5) is 24.6. The number of hydrogen-bond donors (Lipinski definition) is 3. The van der Waals surface area contributed by atoms with Crippen LogP contribution in [0.15, 0.2) is 0 Å². The van der Waals surface area contributed by atoms with Gasteiger partial charge < -0.3 is 15.7 Å². The number of piperazine rings is 1. The molecule has 0 aromatic heterocycles. The number of carbonyl (C=O) groups excluding carboxylic acids is 1. The fraction of sp³-hybridized carbons (Fsp3) is 0.818. The van der Waals surface area contributed by atoms with Crippen LogP contribution < -0.4 is 10.6 Å². The van der Waals surface area contributed by atoms with E-state index in [1.807, 2.05) is 0 Å². The van der Waals surface area contributed by atoms with Crippen molar-refractivity contribution in [3.63, 3.8) is 0 Å². The van der Waals surface area contributed by atoms with Gasteiger partial charge in [-0.2, -0.15) is 0 Å². The Balaban J connectivity index is 1.69.